The van der Waals surface area contributed by atoms with Crippen molar-refractivity contribution in [2.45, 2.75) is 6.42 Å². The van der Waals surface area contributed by atoms with E-state index in [4.69, 9.17) is 23.2 Å². The highest BCUT2D eigenvalue weighted by Crippen LogP contribution is 1.98. The van der Waals surface area contributed by atoms with Gasteiger partial charge in [0.15, 0.2) is 0 Å². The molecule has 0 aromatic heterocycles. The van der Waals surface area contributed by atoms with Gasteiger partial charge in [0, 0.05) is 10.9 Å². The summed E-state index contributed by atoms with van der Waals surface area (Å²) in [6.45, 7) is 3.41. The van der Waals surface area contributed by atoms with Gasteiger partial charge in [-0.3, -0.25) is 4.79 Å². The van der Waals surface area contributed by atoms with Crippen LogP contribution in [0.2, 0.25) is 0 Å². The van der Waals surface area contributed by atoms with E-state index in [1.165, 1.54) is 0 Å². The number of hydrogen-bond donors (Lipinski definition) is 0. The largest absolute Gasteiger partial charge is 0.460 e. The number of carbonyl (C=O) groups is 1. The topological polar surface area (TPSA) is 26.3 Å². The van der Waals surface area contributed by atoms with Crippen molar-refractivity contribution in [1.29, 1.82) is 0 Å². The Morgan fingerprint density at radius 3 is 2.60 bits per heavy atom. The van der Waals surface area contributed by atoms with E-state index < -0.39 is 0 Å². The van der Waals surface area contributed by atoms with Gasteiger partial charge in [-0.15, -0.1) is 11.6 Å². The van der Waals surface area contributed by atoms with Gasteiger partial charge in [-0.1, -0.05) is 18.2 Å². The molecule has 0 bridgehead atoms. The predicted molar refractivity (Wildman–Crippen MR) is 41.3 cm³/mol. The van der Waals surface area contributed by atoms with Crippen molar-refractivity contribution in [2.75, 3.05) is 12.5 Å². The zero-order valence-electron chi connectivity index (χ0n) is 5.40. The Bertz CT molecular complexity index is 134. The van der Waals surface area contributed by atoms with E-state index in [2.05, 4.69) is 11.3 Å². The Labute approximate surface area is 69.8 Å². The number of carbonyl (C=O) groups excluding carboxylic acids is 1. The third kappa shape index (κ3) is 5.92. The maximum absolute atomic E-state index is 10.5. The molecule has 0 aliphatic heterocycles. The molecular weight excluding hydrogens is 175 g/mol. The zero-order chi connectivity index (χ0) is 7.98. The first-order valence-corrected chi connectivity index (χ1v) is 3.63. The molecule has 4 heteroatoms. The monoisotopic (exact) mass is 182 g/mol. The summed E-state index contributed by atoms with van der Waals surface area (Å²) in [7, 11) is 0. The van der Waals surface area contributed by atoms with E-state index in [1.807, 2.05) is 0 Å². The molecule has 58 valence electrons. The third-order valence-corrected chi connectivity index (χ3v) is 0.986. The zero-order valence-corrected chi connectivity index (χ0v) is 6.91. The Balaban J connectivity index is 3.30. The summed E-state index contributed by atoms with van der Waals surface area (Å²) in [6.07, 6.45) is 0.214. The van der Waals surface area contributed by atoms with Crippen molar-refractivity contribution in [2.24, 2.45) is 0 Å². The summed E-state index contributed by atoms with van der Waals surface area (Å²) in [5.74, 6) is -0.0788. The predicted octanol–water partition coefficient (Wildman–Crippen LogP) is 1.91. The van der Waals surface area contributed by atoms with Crippen molar-refractivity contribution in [3.8, 4) is 0 Å². The van der Waals surface area contributed by atoms with Gasteiger partial charge in [-0.2, -0.15) is 0 Å². The lowest BCUT2D eigenvalue weighted by molar-refractivity contribution is -0.141. The van der Waals surface area contributed by atoms with Crippen LogP contribution in [0.4, 0.5) is 0 Å². The number of ether oxygens (including phenoxy) is 1. The van der Waals surface area contributed by atoms with Gasteiger partial charge in [0.2, 0.25) is 0 Å². The van der Waals surface area contributed by atoms with Gasteiger partial charge in [0.1, 0.15) is 6.61 Å². The maximum Gasteiger partial charge on any atom is 0.307 e. The van der Waals surface area contributed by atoms with Crippen LogP contribution in [-0.2, 0) is 9.53 Å². The fraction of sp³-hybridized carbons (Fsp3) is 0.500. The van der Waals surface area contributed by atoms with Gasteiger partial charge in [-0.25, -0.2) is 0 Å². The molecule has 0 radical (unpaired) electrons. The molecule has 0 aliphatic carbocycles. The van der Waals surface area contributed by atoms with E-state index in [9.17, 15) is 4.79 Å². The highest BCUT2D eigenvalue weighted by Gasteiger charge is 2.00. The molecule has 0 unspecified atom stereocenters. The highest BCUT2D eigenvalue weighted by atomic mass is 35.5. The van der Waals surface area contributed by atoms with Crippen molar-refractivity contribution >= 4 is 29.2 Å². The van der Waals surface area contributed by atoms with Crippen molar-refractivity contribution in [3.05, 3.63) is 11.6 Å². The molecule has 0 spiro atoms. The van der Waals surface area contributed by atoms with Gasteiger partial charge in [0.05, 0.1) is 6.42 Å². The van der Waals surface area contributed by atoms with E-state index in [1.54, 1.807) is 0 Å². The van der Waals surface area contributed by atoms with Crippen LogP contribution in [-0.4, -0.2) is 18.5 Å². The lowest BCUT2D eigenvalue weighted by Crippen LogP contribution is -2.05. The molecule has 0 rings (SSSR count). The van der Waals surface area contributed by atoms with Crippen LogP contribution in [0.15, 0.2) is 11.6 Å². The second-order valence-corrected chi connectivity index (χ2v) is 2.53. The second-order valence-electron chi connectivity index (χ2n) is 1.62. The van der Waals surface area contributed by atoms with Crippen LogP contribution < -0.4 is 0 Å². The molecule has 0 atom stereocenters. The minimum atomic E-state index is -0.350. The molecule has 0 saturated heterocycles. The second kappa shape index (κ2) is 5.57. The van der Waals surface area contributed by atoms with Gasteiger partial charge >= 0.3 is 5.97 Å². The quantitative estimate of drug-likeness (QED) is 0.491. The summed E-state index contributed by atoms with van der Waals surface area (Å²) in [6, 6.07) is 0. The van der Waals surface area contributed by atoms with E-state index >= 15 is 0 Å². The van der Waals surface area contributed by atoms with Crippen LogP contribution in [0.25, 0.3) is 0 Å². The molecule has 2 nitrogen and oxygen atoms in total. The fourth-order valence-corrected chi connectivity index (χ4v) is 0.517. The average molecular weight is 183 g/mol. The lowest BCUT2D eigenvalue weighted by Gasteiger charge is -1.99. The minimum absolute atomic E-state index is 0.0667. The van der Waals surface area contributed by atoms with Crippen molar-refractivity contribution in [3.63, 3.8) is 0 Å². The first-order valence-electron chi connectivity index (χ1n) is 2.71. The molecule has 0 saturated carbocycles. The molecule has 10 heavy (non-hydrogen) atoms. The molecule has 0 fully saturated rings. The number of rotatable bonds is 4. The normalized spacial score (nSPS) is 9.00. The van der Waals surface area contributed by atoms with Gasteiger partial charge in [-0.05, 0) is 0 Å². The van der Waals surface area contributed by atoms with Crippen LogP contribution >= 0.6 is 23.2 Å². The number of halogens is 2. The fourth-order valence-electron chi connectivity index (χ4n) is 0.308. The number of esters is 1. The Hall–Kier alpha value is -0.210. The maximum atomic E-state index is 10.5. The highest BCUT2D eigenvalue weighted by molar-refractivity contribution is 6.29. The van der Waals surface area contributed by atoms with E-state index in [0.29, 0.717) is 5.03 Å². The minimum Gasteiger partial charge on any atom is -0.460 e. The molecule has 0 aromatic rings. The van der Waals surface area contributed by atoms with Crippen LogP contribution in [0.1, 0.15) is 6.42 Å². The third-order valence-electron chi connectivity index (χ3n) is 0.688. The lowest BCUT2D eigenvalue weighted by atomic mass is 10.5. The summed E-state index contributed by atoms with van der Waals surface area (Å²) in [5, 5.41) is 0.308. The van der Waals surface area contributed by atoms with Crippen LogP contribution in [0, 0.1) is 0 Å². The van der Waals surface area contributed by atoms with Crippen molar-refractivity contribution in [1.82, 2.24) is 0 Å². The molecule has 0 aromatic carbocycles. The van der Waals surface area contributed by atoms with Crippen LogP contribution in [0.3, 0.4) is 0 Å². The summed E-state index contributed by atoms with van der Waals surface area (Å²) in [5.41, 5.74) is 0. The Kier molecular flexibility index (Phi) is 5.45. The standard InChI is InChI=1S/C6H8Cl2O2/c1-5(8)4-10-6(9)2-3-7/h1-4H2. The molecule has 0 heterocycles. The molecular formula is C6H8Cl2O2. The van der Waals surface area contributed by atoms with Crippen LogP contribution in [0.5, 0.6) is 0 Å². The van der Waals surface area contributed by atoms with E-state index in [-0.39, 0.29) is 24.9 Å². The first-order chi connectivity index (χ1) is 4.66. The molecule has 0 aliphatic rings. The average Bonchev–Trinajstić information content (AvgIpc) is 1.85. The summed E-state index contributed by atoms with van der Waals surface area (Å²) in [4.78, 5) is 10.5. The smallest absolute Gasteiger partial charge is 0.307 e. The number of alkyl halides is 1. The first kappa shape index (κ1) is 9.79. The van der Waals surface area contributed by atoms with Gasteiger partial charge in [0.25, 0.3) is 0 Å². The molecule has 0 amide bonds. The van der Waals surface area contributed by atoms with Crippen molar-refractivity contribution < 1.29 is 9.53 Å². The summed E-state index contributed by atoms with van der Waals surface area (Å²) >= 11 is 10.6. The Morgan fingerprint density at radius 2 is 2.20 bits per heavy atom. The van der Waals surface area contributed by atoms with E-state index in [0.717, 1.165) is 0 Å². The SMILES string of the molecule is C=C(Cl)COC(=O)CCCl. The number of hydrogen-bond acceptors (Lipinski definition) is 2. The molecule has 0 N–H and O–H groups in total. The summed E-state index contributed by atoms with van der Waals surface area (Å²) < 4.78 is 4.59. The van der Waals surface area contributed by atoms with Gasteiger partial charge < -0.3 is 4.74 Å². The Morgan fingerprint density at radius 1 is 1.60 bits per heavy atom.